The molecule has 0 aromatic rings. The van der Waals surface area contributed by atoms with Crippen molar-refractivity contribution < 1.29 is 9.59 Å². The summed E-state index contributed by atoms with van der Waals surface area (Å²) < 4.78 is 0. The largest absolute Gasteiger partial charge is 0.368 e. The van der Waals surface area contributed by atoms with Crippen LogP contribution < -0.4 is 11.1 Å². The highest BCUT2D eigenvalue weighted by molar-refractivity contribution is 5.83. The fraction of sp³-hybridized carbons (Fsp3) is 0.818. The van der Waals surface area contributed by atoms with Gasteiger partial charge in [0.05, 0.1) is 0 Å². The predicted molar refractivity (Wildman–Crippen MR) is 61.8 cm³/mol. The second-order valence-corrected chi connectivity index (χ2v) is 4.26. The fourth-order valence-corrected chi connectivity index (χ4v) is 2.08. The second-order valence-electron chi connectivity index (χ2n) is 4.26. The Morgan fingerprint density at radius 1 is 1.38 bits per heavy atom. The molecule has 1 aliphatic rings. The van der Waals surface area contributed by atoms with E-state index in [1.807, 2.05) is 6.92 Å². The molecule has 0 radical (unpaired) electrons. The van der Waals surface area contributed by atoms with Crippen LogP contribution in [0, 0.1) is 0 Å². The maximum Gasteiger partial charge on any atom is 0.318 e. The summed E-state index contributed by atoms with van der Waals surface area (Å²) in [6.45, 7) is 2.66. The van der Waals surface area contributed by atoms with Crippen LogP contribution in [0.5, 0.6) is 0 Å². The van der Waals surface area contributed by atoms with Crippen molar-refractivity contribution in [2.45, 2.75) is 45.1 Å². The Bertz CT molecular complexity index is 250. The smallest absolute Gasteiger partial charge is 0.318 e. The lowest BCUT2D eigenvalue weighted by Crippen LogP contribution is -2.49. The molecule has 0 aromatic heterocycles. The maximum atomic E-state index is 11.8. The van der Waals surface area contributed by atoms with Gasteiger partial charge in [-0.2, -0.15) is 0 Å². The van der Waals surface area contributed by atoms with Gasteiger partial charge in [0.1, 0.15) is 6.54 Å². The van der Waals surface area contributed by atoms with Crippen LogP contribution in [0.25, 0.3) is 0 Å². The number of nitrogens with one attached hydrogen (secondary N) is 1. The quantitative estimate of drug-likeness (QED) is 0.730. The molecule has 0 spiro atoms. The number of nitrogens with two attached hydrogens (primary N) is 1. The molecule has 1 saturated carbocycles. The van der Waals surface area contributed by atoms with E-state index in [0.717, 1.165) is 32.1 Å². The second kappa shape index (κ2) is 6.35. The molecule has 3 N–H and O–H groups in total. The van der Waals surface area contributed by atoms with Crippen LogP contribution in [0.3, 0.4) is 0 Å². The van der Waals surface area contributed by atoms with Crippen LogP contribution in [0.1, 0.15) is 39.0 Å². The van der Waals surface area contributed by atoms with E-state index in [0.29, 0.717) is 6.54 Å². The molecule has 92 valence electrons. The zero-order chi connectivity index (χ0) is 12.0. The van der Waals surface area contributed by atoms with Crippen LogP contribution in [0.15, 0.2) is 0 Å². The molecule has 1 fully saturated rings. The van der Waals surface area contributed by atoms with Crippen molar-refractivity contribution in [1.82, 2.24) is 10.2 Å². The third kappa shape index (κ3) is 3.72. The molecule has 0 bridgehead atoms. The van der Waals surface area contributed by atoms with E-state index in [-0.39, 0.29) is 18.6 Å². The molecule has 5 heteroatoms. The maximum absolute atomic E-state index is 11.8. The van der Waals surface area contributed by atoms with Crippen molar-refractivity contribution in [2.24, 2.45) is 5.73 Å². The molecule has 0 aliphatic heterocycles. The van der Waals surface area contributed by atoms with E-state index in [1.165, 1.54) is 0 Å². The minimum absolute atomic E-state index is 0.0280. The summed E-state index contributed by atoms with van der Waals surface area (Å²) in [5, 5.41) is 2.79. The summed E-state index contributed by atoms with van der Waals surface area (Å²) in [5.41, 5.74) is 5.17. The Kier molecular flexibility index (Phi) is 5.08. The van der Waals surface area contributed by atoms with Crippen molar-refractivity contribution in [3.63, 3.8) is 0 Å². The first-order chi connectivity index (χ1) is 7.65. The molecular weight excluding hydrogens is 206 g/mol. The van der Waals surface area contributed by atoms with E-state index in [9.17, 15) is 9.59 Å². The number of carbonyl (C=O) groups is 2. The Labute approximate surface area is 96.4 Å². The molecule has 0 atom stereocenters. The topological polar surface area (TPSA) is 75.4 Å². The average Bonchev–Trinajstić information content (AvgIpc) is 2.75. The first-order valence-electron chi connectivity index (χ1n) is 5.98. The van der Waals surface area contributed by atoms with Crippen molar-refractivity contribution >= 4 is 11.9 Å². The Morgan fingerprint density at radius 2 is 2.00 bits per heavy atom. The summed E-state index contributed by atoms with van der Waals surface area (Å²) in [4.78, 5) is 24.4. The van der Waals surface area contributed by atoms with Gasteiger partial charge in [0.2, 0.25) is 5.91 Å². The molecule has 3 amide bonds. The average molecular weight is 227 g/mol. The highest BCUT2D eigenvalue weighted by Crippen LogP contribution is 2.23. The monoisotopic (exact) mass is 227 g/mol. The van der Waals surface area contributed by atoms with E-state index < -0.39 is 5.91 Å². The van der Waals surface area contributed by atoms with Gasteiger partial charge < -0.3 is 16.0 Å². The lowest BCUT2D eigenvalue weighted by molar-refractivity contribution is -0.119. The van der Waals surface area contributed by atoms with E-state index >= 15 is 0 Å². The summed E-state index contributed by atoms with van der Waals surface area (Å²) in [7, 11) is 0. The lowest BCUT2D eigenvalue weighted by atomic mass is 10.2. The number of hydrogen-bond acceptors (Lipinski definition) is 2. The van der Waals surface area contributed by atoms with Gasteiger partial charge in [-0.15, -0.1) is 0 Å². The first kappa shape index (κ1) is 12.8. The predicted octanol–water partition coefficient (Wildman–Crippen LogP) is 0.836. The summed E-state index contributed by atoms with van der Waals surface area (Å²) in [5.74, 6) is -0.446. The normalized spacial score (nSPS) is 16.1. The highest BCUT2D eigenvalue weighted by atomic mass is 16.2. The van der Waals surface area contributed by atoms with Crippen molar-refractivity contribution in [3.8, 4) is 0 Å². The van der Waals surface area contributed by atoms with Gasteiger partial charge >= 0.3 is 6.03 Å². The molecule has 0 unspecified atom stereocenters. The van der Waals surface area contributed by atoms with Crippen LogP contribution >= 0.6 is 0 Å². The van der Waals surface area contributed by atoms with Gasteiger partial charge in [-0.1, -0.05) is 19.8 Å². The van der Waals surface area contributed by atoms with E-state index in [1.54, 1.807) is 4.90 Å². The fourth-order valence-electron chi connectivity index (χ4n) is 2.08. The number of carbonyl (C=O) groups excluding carboxylic acids is 2. The number of rotatable bonds is 5. The molecule has 16 heavy (non-hydrogen) atoms. The van der Waals surface area contributed by atoms with E-state index in [4.69, 9.17) is 5.73 Å². The number of urea groups is 1. The van der Waals surface area contributed by atoms with Crippen molar-refractivity contribution in [2.75, 3.05) is 13.1 Å². The number of nitrogens with zero attached hydrogens (tertiary/aromatic N) is 1. The van der Waals surface area contributed by atoms with E-state index in [2.05, 4.69) is 5.32 Å². The van der Waals surface area contributed by atoms with Crippen LogP contribution in [-0.2, 0) is 4.79 Å². The van der Waals surface area contributed by atoms with Gasteiger partial charge in [-0.3, -0.25) is 4.79 Å². The Balaban J connectivity index is 2.54. The van der Waals surface area contributed by atoms with Gasteiger partial charge in [-0.05, 0) is 19.3 Å². The zero-order valence-corrected chi connectivity index (χ0v) is 9.87. The molecule has 1 rings (SSSR count). The summed E-state index contributed by atoms with van der Waals surface area (Å²) >= 11 is 0. The number of amides is 3. The number of hydrogen-bond donors (Lipinski definition) is 2. The minimum atomic E-state index is -0.446. The molecular formula is C11H21N3O2. The van der Waals surface area contributed by atoms with Crippen LogP contribution in [0.2, 0.25) is 0 Å². The summed E-state index contributed by atoms with van der Waals surface area (Å²) in [6.07, 6.45) is 5.10. The van der Waals surface area contributed by atoms with Gasteiger partial charge in [0.15, 0.2) is 0 Å². The molecule has 0 heterocycles. The van der Waals surface area contributed by atoms with Gasteiger partial charge in [-0.25, -0.2) is 4.79 Å². The number of primary amides is 1. The van der Waals surface area contributed by atoms with Gasteiger partial charge in [0.25, 0.3) is 0 Å². The molecule has 0 saturated heterocycles. The highest BCUT2D eigenvalue weighted by Gasteiger charge is 2.27. The SMILES string of the molecule is CCCNC(=O)N(CC(N)=O)C1CCCC1. The van der Waals surface area contributed by atoms with Crippen LogP contribution in [0.4, 0.5) is 4.79 Å². The van der Waals surface area contributed by atoms with Crippen molar-refractivity contribution in [3.05, 3.63) is 0 Å². The Hall–Kier alpha value is -1.26. The third-order valence-electron chi connectivity index (χ3n) is 2.88. The van der Waals surface area contributed by atoms with Crippen LogP contribution in [-0.4, -0.2) is 36.0 Å². The van der Waals surface area contributed by atoms with Crippen molar-refractivity contribution in [1.29, 1.82) is 0 Å². The third-order valence-corrected chi connectivity index (χ3v) is 2.88. The molecule has 1 aliphatic carbocycles. The standard InChI is InChI=1S/C11H21N3O2/c1-2-7-13-11(16)14(8-10(12)15)9-5-3-4-6-9/h9H,2-8H2,1H3,(H2,12,15)(H,13,16). The first-order valence-corrected chi connectivity index (χ1v) is 5.98. The zero-order valence-electron chi connectivity index (χ0n) is 9.87. The molecule has 5 nitrogen and oxygen atoms in total. The lowest BCUT2D eigenvalue weighted by Gasteiger charge is -2.27. The minimum Gasteiger partial charge on any atom is -0.368 e. The van der Waals surface area contributed by atoms with Gasteiger partial charge in [0, 0.05) is 12.6 Å². The summed E-state index contributed by atoms with van der Waals surface area (Å²) in [6, 6.07) is 0.0249. The Morgan fingerprint density at radius 3 is 2.50 bits per heavy atom. The molecule has 0 aromatic carbocycles.